The van der Waals surface area contributed by atoms with Gasteiger partial charge in [0.2, 0.25) is 0 Å². The van der Waals surface area contributed by atoms with Gasteiger partial charge in [0.1, 0.15) is 12.4 Å². The lowest BCUT2D eigenvalue weighted by molar-refractivity contribution is -0.149. The quantitative estimate of drug-likeness (QED) is 0.107. The Morgan fingerprint density at radius 2 is 1.64 bits per heavy atom. The maximum absolute atomic E-state index is 11.3. The van der Waals surface area contributed by atoms with Crippen LogP contribution in [0.15, 0.2) is 49.6 Å². The van der Waals surface area contributed by atoms with E-state index in [9.17, 15) is 18.0 Å². The first-order valence-corrected chi connectivity index (χ1v) is 13.8. The van der Waals surface area contributed by atoms with Gasteiger partial charge in [-0.05, 0) is 37.8 Å². The zero-order valence-corrected chi connectivity index (χ0v) is 22.5. The fraction of sp³-hybridized carbons (Fsp3) is 0.556. The van der Waals surface area contributed by atoms with Crippen LogP contribution in [0.1, 0.15) is 77.2 Å². The van der Waals surface area contributed by atoms with Gasteiger partial charge in [-0.3, -0.25) is 14.1 Å². The number of ether oxygens (including phenoxy) is 2. The van der Waals surface area contributed by atoms with Crippen LogP contribution in [-0.2, 0) is 35.3 Å². The van der Waals surface area contributed by atoms with E-state index in [1.807, 2.05) is 6.92 Å². The monoisotopic (exact) mass is 526 g/mol. The van der Waals surface area contributed by atoms with Crippen molar-refractivity contribution in [1.29, 1.82) is 0 Å². The van der Waals surface area contributed by atoms with Crippen molar-refractivity contribution in [3.63, 3.8) is 0 Å². The number of esters is 1. The molecule has 9 heteroatoms. The number of allylic oxidation sites excluding steroid dienone is 1. The van der Waals surface area contributed by atoms with Gasteiger partial charge in [0, 0.05) is 0 Å². The lowest BCUT2D eigenvalue weighted by Crippen LogP contribution is -2.24. The second-order valence-corrected chi connectivity index (χ2v) is 9.16. The first-order valence-electron chi connectivity index (χ1n) is 12.5. The second-order valence-electron chi connectivity index (χ2n) is 8.14. The van der Waals surface area contributed by atoms with E-state index in [2.05, 4.69) is 53.3 Å². The number of para-hydroxylation sites is 1. The SMILES string of the molecule is C=CCOC(=O)CC(CC=C)C(=O)OS(=O)(=O)O.CCCCCCCCCc1ccccc1OCC. The number of benzene rings is 1. The molecule has 0 saturated heterocycles. The number of aryl methyl sites for hydroxylation is 1. The minimum atomic E-state index is -4.89. The fourth-order valence-electron chi connectivity index (χ4n) is 3.33. The Balaban J connectivity index is 0.000000681. The van der Waals surface area contributed by atoms with Gasteiger partial charge in [-0.1, -0.05) is 82.4 Å². The van der Waals surface area contributed by atoms with Crippen LogP contribution in [0.25, 0.3) is 0 Å². The molecule has 1 atom stereocenters. The molecule has 204 valence electrons. The molecule has 0 aromatic heterocycles. The van der Waals surface area contributed by atoms with E-state index >= 15 is 0 Å². The largest absolute Gasteiger partial charge is 0.494 e. The highest BCUT2D eigenvalue weighted by atomic mass is 32.3. The summed E-state index contributed by atoms with van der Waals surface area (Å²) in [5.41, 5.74) is 1.37. The average Bonchev–Trinajstić information content (AvgIpc) is 2.82. The molecule has 1 N–H and O–H groups in total. The molecule has 0 amide bonds. The zero-order chi connectivity index (χ0) is 27.2. The Bertz CT molecular complexity index is 880. The highest BCUT2D eigenvalue weighted by Crippen LogP contribution is 2.21. The van der Waals surface area contributed by atoms with E-state index in [-0.39, 0.29) is 19.4 Å². The van der Waals surface area contributed by atoms with Gasteiger partial charge in [0.25, 0.3) is 0 Å². The van der Waals surface area contributed by atoms with Crippen molar-refractivity contribution in [2.24, 2.45) is 5.92 Å². The molecule has 1 rings (SSSR count). The normalized spacial score (nSPS) is 11.4. The average molecular weight is 527 g/mol. The molecule has 36 heavy (non-hydrogen) atoms. The standard InChI is InChI=1S/C17H28O.C10H14O7S/c1-3-5-6-7-8-9-10-13-16-14-11-12-15-17(16)18-4-2;1-3-5-8(7-9(11)16-6-4-2)10(12)17-18(13,14)15/h11-12,14-15H,3-10,13H2,1-2H3;3-4,8H,1-2,5-7H2,(H,13,14,15). The van der Waals surface area contributed by atoms with Crippen LogP contribution in [-0.4, -0.2) is 38.1 Å². The third-order valence-corrected chi connectivity index (χ3v) is 5.44. The molecule has 1 unspecified atom stereocenters. The first kappa shape index (κ1) is 33.4. The molecule has 0 aliphatic heterocycles. The summed E-state index contributed by atoms with van der Waals surface area (Å²) in [6.07, 6.45) is 13.0. The minimum Gasteiger partial charge on any atom is -0.494 e. The van der Waals surface area contributed by atoms with Gasteiger partial charge >= 0.3 is 22.3 Å². The van der Waals surface area contributed by atoms with E-state index < -0.39 is 28.3 Å². The molecule has 0 bridgehead atoms. The van der Waals surface area contributed by atoms with E-state index in [1.165, 1.54) is 62.7 Å². The molecule has 0 aliphatic carbocycles. The van der Waals surface area contributed by atoms with Crippen molar-refractivity contribution < 1.29 is 36.2 Å². The maximum Gasteiger partial charge on any atom is 0.448 e. The molecule has 0 saturated carbocycles. The van der Waals surface area contributed by atoms with Crippen LogP contribution in [0.2, 0.25) is 0 Å². The van der Waals surface area contributed by atoms with E-state index in [1.54, 1.807) is 0 Å². The molecule has 8 nitrogen and oxygen atoms in total. The number of unbranched alkanes of at least 4 members (excludes halogenated alkanes) is 6. The van der Waals surface area contributed by atoms with E-state index in [0.717, 1.165) is 18.8 Å². The third kappa shape index (κ3) is 17.7. The molecule has 0 radical (unpaired) electrons. The highest BCUT2D eigenvalue weighted by Gasteiger charge is 2.26. The lowest BCUT2D eigenvalue weighted by Gasteiger charge is -2.11. The van der Waals surface area contributed by atoms with Gasteiger partial charge < -0.3 is 13.7 Å². The number of rotatable bonds is 18. The Kier molecular flexibility index (Phi) is 19.0. The van der Waals surface area contributed by atoms with Gasteiger partial charge in [0.05, 0.1) is 18.9 Å². The van der Waals surface area contributed by atoms with Crippen LogP contribution in [0.3, 0.4) is 0 Å². The third-order valence-electron chi connectivity index (χ3n) is 5.07. The van der Waals surface area contributed by atoms with Crippen molar-refractivity contribution in [3.05, 3.63) is 55.1 Å². The predicted octanol–water partition coefficient (Wildman–Crippen LogP) is 6.02. The molecular formula is C27H42O8S. The molecule has 0 fully saturated rings. The summed E-state index contributed by atoms with van der Waals surface area (Å²) >= 11 is 0. The van der Waals surface area contributed by atoms with Crippen molar-refractivity contribution >= 4 is 22.3 Å². The summed E-state index contributed by atoms with van der Waals surface area (Å²) in [6, 6.07) is 8.44. The summed E-state index contributed by atoms with van der Waals surface area (Å²) in [4.78, 5) is 22.6. The Labute approximate surface area is 216 Å². The topological polar surface area (TPSA) is 116 Å². The maximum atomic E-state index is 11.3. The van der Waals surface area contributed by atoms with Crippen LogP contribution in [0.5, 0.6) is 5.75 Å². The summed E-state index contributed by atoms with van der Waals surface area (Å²) in [7, 11) is -4.89. The van der Waals surface area contributed by atoms with Crippen LogP contribution >= 0.6 is 0 Å². The number of hydrogen-bond acceptors (Lipinski definition) is 7. The van der Waals surface area contributed by atoms with Gasteiger partial charge in [0.15, 0.2) is 0 Å². The molecule has 1 aromatic carbocycles. The van der Waals surface area contributed by atoms with E-state index in [4.69, 9.17) is 9.29 Å². The van der Waals surface area contributed by atoms with Gasteiger partial charge in [-0.25, -0.2) is 0 Å². The van der Waals surface area contributed by atoms with Crippen molar-refractivity contribution in [2.45, 2.75) is 78.1 Å². The van der Waals surface area contributed by atoms with Crippen LogP contribution < -0.4 is 4.74 Å². The van der Waals surface area contributed by atoms with Crippen molar-refractivity contribution in [3.8, 4) is 5.75 Å². The molecule has 0 aliphatic rings. The first-order chi connectivity index (χ1) is 17.2. The summed E-state index contributed by atoms with van der Waals surface area (Å²) in [5, 5.41) is 0. The molecule has 1 aromatic rings. The number of carbonyl (C=O) groups excluding carboxylic acids is 2. The zero-order valence-electron chi connectivity index (χ0n) is 21.7. The Morgan fingerprint density at radius 3 is 2.22 bits per heavy atom. The van der Waals surface area contributed by atoms with Crippen molar-refractivity contribution in [2.75, 3.05) is 13.2 Å². The second kappa shape index (κ2) is 20.5. The lowest BCUT2D eigenvalue weighted by atomic mass is 10.0. The minimum absolute atomic E-state index is 0.0115. The van der Waals surface area contributed by atoms with E-state index in [0.29, 0.717) is 0 Å². The highest BCUT2D eigenvalue weighted by molar-refractivity contribution is 7.81. The Morgan fingerprint density at radius 1 is 1.00 bits per heavy atom. The fourth-order valence-corrected chi connectivity index (χ4v) is 3.67. The summed E-state index contributed by atoms with van der Waals surface area (Å²) < 4.78 is 43.1. The van der Waals surface area contributed by atoms with Crippen LogP contribution in [0, 0.1) is 5.92 Å². The van der Waals surface area contributed by atoms with Crippen molar-refractivity contribution in [1.82, 2.24) is 0 Å². The number of carbonyl (C=O) groups is 2. The summed E-state index contributed by atoms with van der Waals surface area (Å²) in [6.45, 7) is 11.7. The van der Waals surface area contributed by atoms with Gasteiger partial charge in [-0.2, -0.15) is 8.42 Å². The smallest absolute Gasteiger partial charge is 0.448 e. The summed E-state index contributed by atoms with van der Waals surface area (Å²) in [5.74, 6) is -1.96. The number of hydrogen-bond donors (Lipinski definition) is 1. The Hall–Kier alpha value is -2.65. The molecule has 0 heterocycles. The molecular weight excluding hydrogens is 484 g/mol. The van der Waals surface area contributed by atoms with Crippen LogP contribution in [0.4, 0.5) is 0 Å². The van der Waals surface area contributed by atoms with Gasteiger partial charge in [-0.15, -0.1) is 6.58 Å². The predicted molar refractivity (Wildman–Crippen MR) is 141 cm³/mol. The molecule has 0 spiro atoms.